The van der Waals surface area contributed by atoms with Gasteiger partial charge in [0.2, 0.25) is 10.0 Å². The number of hydrogen-bond donors (Lipinski definition) is 0. The van der Waals surface area contributed by atoms with Crippen LogP contribution < -0.4 is 0 Å². The molecule has 146 valence electrons. The molecule has 0 radical (unpaired) electrons. The highest BCUT2D eigenvalue weighted by atomic mass is 35.5. The van der Waals surface area contributed by atoms with Crippen LogP contribution in [-0.4, -0.2) is 36.2 Å². The van der Waals surface area contributed by atoms with Gasteiger partial charge in [-0.15, -0.1) is 0 Å². The van der Waals surface area contributed by atoms with Crippen molar-refractivity contribution in [1.82, 2.24) is 9.46 Å². The number of hydrogen-bond acceptors (Lipinski definition) is 5. The summed E-state index contributed by atoms with van der Waals surface area (Å²) in [5.41, 5.74) is 0.326. The molecule has 2 heterocycles. The highest BCUT2D eigenvalue weighted by molar-refractivity contribution is 7.89. The van der Waals surface area contributed by atoms with E-state index in [1.807, 2.05) is 20.8 Å². The zero-order valence-corrected chi connectivity index (χ0v) is 17.2. The van der Waals surface area contributed by atoms with Crippen molar-refractivity contribution in [1.29, 1.82) is 0 Å². The molecule has 0 aliphatic carbocycles. The molecule has 1 aromatic carbocycles. The first-order valence-electron chi connectivity index (χ1n) is 8.85. The number of Topliss-reactive ketones (excluding diaryl/α,β-unsaturated/α-hetero) is 1. The van der Waals surface area contributed by atoms with Gasteiger partial charge in [-0.2, -0.15) is 4.31 Å². The molecule has 1 aromatic heterocycles. The number of sulfonamides is 1. The van der Waals surface area contributed by atoms with Crippen molar-refractivity contribution in [2.75, 3.05) is 6.54 Å². The third kappa shape index (κ3) is 4.25. The molecular weight excluding hydrogens is 388 g/mol. The molecule has 0 spiro atoms. The molecule has 1 aliphatic rings. The molecule has 0 amide bonds. The van der Waals surface area contributed by atoms with Crippen LogP contribution in [0.5, 0.6) is 0 Å². The summed E-state index contributed by atoms with van der Waals surface area (Å²) in [6.45, 7) is 6.32. The van der Waals surface area contributed by atoms with E-state index in [4.69, 9.17) is 16.1 Å². The van der Waals surface area contributed by atoms with Gasteiger partial charge in [-0.25, -0.2) is 8.42 Å². The summed E-state index contributed by atoms with van der Waals surface area (Å²) in [7, 11) is -3.75. The van der Waals surface area contributed by atoms with Crippen LogP contribution >= 0.6 is 11.6 Å². The first-order valence-corrected chi connectivity index (χ1v) is 10.7. The molecule has 0 N–H and O–H groups in total. The maximum Gasteiger partial charge on any atom is 0.243 e. The van der Waals surface area contributed by atoms with Gasteiger partial charge in [-0.05, 0) is 37.1 Å². The fourth-order valence-electron chi connectivity index (χ4n) is 3.14. The predicted molar refractivity (Wildman–Crippen MR) is 102 cm³/mol. The van der Waals surface area contributed by atoms with Crippen LogP contribution in [0.15, 0.2) is 39.8 Å². The molecule has 0 unspecified atom stereocenters. The lowest BCUT2D eigenvalue weighted by Crippen LogP contribution is -2.41. The minimum atomic E-state index is -3.75. The summed E-state index contributed by atoms with van der Waals surface area (Å²) < 4.78 is 32.5. The average Bonchev–Trinajstić information content (AvgIpc) is 3.24. The molecular formula is C19H23ClN2O4S. The van der Waals surface area contributed by atoms with Crippen LogP contribution in [-0.2, 0) is 26.7 Å². The Morgan fingerprint density at radius 3 is 2.56 bits per heavy atom. The highest BCUT2D eigenvalue weighted by Crippen LogP contribution is 2.29. The van der Waals surface area contributed by atoms with Crippen LogP contribution in [0, 0.1) is 0 Å². The van der Waals surface area contributed by atoms with E-state index in [0.717, 1.165) is 0 Å². The fourth-order valence-corrected chi connectivity index (χ4v) is 4.94. The second-order valence-corrected chi connectivity index (χ2v) is 10.1. The van der Waals surface area contributed by atoms with Crippen LogP contribution in [0.1, 0.15) is 45.1 Å². The lowest BCUT2D eigenvalue weighted by atomic mass is 9.93. The van der Waals surface area contributed by atoms with Gasteiger partial charge in [0.05, 0.1) is 23.1 Å². The fraction of sp³-hybridized carbons (Fsp3) is 0.474. The van der Waals surface area contributed by atoms with Crippen molar-refractivity contribution < 1.29 is 17.7 Å². The third-order valence-corrected chi connectivity index (χ3v) is 6.82. The second-order valence-electron chi connectivity index (χ2n) is 7.80. The Morgan fingerprint density at radius 2 is 1.96 bits per heavy atom. The molecule has 8 heteroatoms. The molecule has 1 fully saturated rings. The quantitative estimate of drug-likeness (QED) is 0.752. The second kappa shape index (κ2) is 7.37. The van der Waals surface area contributed by atoms with Crippen molar-refractivity contribution in [2.24, 2.45) is 0 Å². The largest absolute Gasteiger partial charge is 0.361 e. The van der Waals surface area contributed by atoms with Gasteiger partial charge in [0.15, 0.2) is 5.78 Å². The molecule has 0 saturated carbocycles. The van der Waals surface area contributed by atoms with Gasteiger partial charge in [0, 0.05) is 23.0 Å². The van der Waals surface area contributed by atoms with Gasteiger partial charge in [0.1, 0.15) is 5.76 Å². The summed E-state index contributed by atoms with van der Waals surface area (Å²) in [6, 6.07) is 7.08. The van der Waals surface area contributed by atoms with E-state index in [-0.39, 0.29) is 22.5 Å². The van der Waals surface area contributed by atoms with Gasteiger partial charge in [0.25, 0.3) is 0 Å². The molecule has 0 bridgehead atoms. The van der Waals surface area contributed by atoms with Crippen LogP contribution in [0.25, 0.3) is 0 Å². The first-order chi connectivity index (χ1) is 12.6. The number of nitrogens with zero attached hydrogens (tertiary/aromatic N) is 2. The lowest BCUT2D eigenvalue weighted by Gasteiger charge is -2.23. The summed E-state index contributed by atoms with van der Waals surface area (Å²) in [6.07, 6.45) is 1.21. The summed E-state index contributed by atoms with van der Waals surface area (Å²) in [5, 5.41) is 4.43. The topological polar surface area (TPSA) is 80.5 Å². The number of halogens is 1. The molecule has 6 nitrogen and oxygen atoms in total. The maximum absolute atomic E-state index is 12.9. The van der Waals surface area contributed by atoms with Crippen molar-refractivity contribution in [3.63, 3.8) is 0 Å². The maximum atomic E-state index is 12.9. The zero-order chi connectivity index (χ0) is 19.8. The molecule has 27 heavy (non-hydrogen) atoms. The standard InChI is InChI=1S/C19H23ClN2O4S/c1-19(2,3)18-12-14(21-26-18)11-17(23)16-5-4-10-22(16)27(24,25)15-8-6-13(20)7-9-15/h6-9,12,16H,4-5,10-11H2,1-3H3/t16-/m0/s1. The summed E-state index contributed by atoms with van der Waals surface area (Å²) in [4.78, 5) is 12.9. The number of aromatic nitrogens is 1. The zero-order valence-electron chi connectivity index (χ0n) is 15.6. The molecule has 1 atom stereocenters. The summed E-state index contributed by atoms with van der Waals surface area (Å²) in [5.74, 6) is 0.529. The first kappa shape index (κ1) is 20.0. The number of carbonyl (C=O) groups excluding carboxylic acids is 1. The van der Waals surface area contributed by atoms with E-state index in [0.29, 0.717) is 35.9 Å². The number of benzene rings is 1. The normalized spacial score (nSPS) is 18.7. The average molecular weight is 411 g/mol. The van der Waals surface area contributed by atoms with Crippen LogP contribution in [0.3, 0.4) is 0 Å². The van der Waals surface area contributed by atoms with E-state index in [1.54, 1.807) is 6.07 Å². The van der Waals surface area contributed by atoms with Crippen LogP contribution in [0.2, 0.25) is 5.02 Å². The monoisotopic (exact) mass is 410 g/mol. The Labute approximate surface area is 164 Å². The van der Waals surface area contributed by atoms with Crippen molar-refractivity contribution in [2.45, 2.75) is 56.4 Å². The number of rotatable bonds is 5. The molecule has 1 aliphatic heterocycles. The molecule has 3 rings (SSSR count). The van der Waals surface area contributed by atoms with E-state index in [1.165, 1.54) is 28.6 Å². The Hall–Kier alpha value is -1.70. The van der Waals surface area contributed by atoms with E-state index in [9.17, 15) is 13.2 Å². The van der Waals surface area contributed by atoms with Crippen LogP contribution in [0.4, 0.5) is 0 Å². The van der Waals surface area contributed by atoms with Gasteiger partial charge in [-0.3, -0.25) is 4.79 Å². The Morgan fingerprint density at radius 1 is 1.30 bits per heavy atom. The Kier molecular flexibility index (Phi) is 5.47. The van der Waals surface area contributed by atoms with E-state index >= 15 is 0 Å². The van der Waals surface area contributed by atoms with Gasteiger partial charge in [-0.1, -0.05) is 37.5 Å². The van der Waals surface area contributed by atoms with Crippen molar-refractivity contribution in [3.8, 4) is 0 Å². The van der Waals surface area contributed by atoms with Crippen molar-refractivity contribution >= 4 is 27.4 Å². The molecule has 2 aromatic rings. The third-order valence-electron chi connectivity index (χ3n) is 4.65. The summed E-state index contributed by atoms with van der Waals surface area (Å²) >= 11 is 5.85. The van der Waals surface area contributed by atoms with E-state index < -0.39 is 16.1 Å². The smallest absolute Gasteiger partial charge is 0.243 e. The SMILES string of the molecule is CC(C)(C)c1cc(CC(=O)[C@@H]2CCCN2S(=O)(=O)c2ccc(Cl)cc2)no1. The minimum absolute atomic E-state index is 0.0525. The number of ketones is 1. The van der Waals surface area contributed by atoms with Crippen molar-refractivity contribution in [3.05, 3.63) is 46.8 Å². The molecule has 1 saturated heterocycles. The van der Waals surface area contributed by atoms with E-state index in [2.05, 4.69) is 5.16 Å². The minimum Gasteiger partial charge on any atom is -0.361 e. The predicted octanol–water partition coefficient (Wildman–Crippen LogP) is 3.59. The highest BCUT2D eigenvalue weighted by Gasteiger charge is 2.39. The Balaban J connectivity index is 1.78. The Bertz CT molecular complexity index is 929. The lowest BCUT2D eigenvalue weighted by molar-refractivity contribution is -0.121. The van der Waals surface area contributed by atoms with Gasteiger partial charge < -0.3 is 4.52 Å². The van der Waals surface area contributed by atoms with Gasteiger partial charge >= 0.3 is 0 Å². The number of carbonyl (C=O) groups is 1.